The van der Waals surface area contributed by atoms with Gasteiger partial charge in [0, 0.05) is 51.9 Å². The van der Waals surface area contributed by atoms with Gasteiger partial charge in [-0.2, -0.15) is 0 Å². The Kier molecular flexibility index (Phi) is 13.4. The van der Waals surface area contributed by atoms with Crippen LogP contribution >= 0.6 is 23.4 Å². The molecule has 1 aromatic heterocycles. The maximum Gasteiger partial charge on any atom is 0.245 e. The van der Waals surface area contributed by atoms with Crippen LogP contribution in [0.5, 0.6) is 0 Å². The maximum absolute atomic E-state index is 14.4. The van der Waals surface area contributed by atoms with Gasteiger partial charge in [0.25, 0.3) is 0 Å². The fourth-order valence-electron chi connectivity index (χ4n) is 6.42. The Morgan fingerprint density at radius 1 is 0.860 bits per heavy atom. The van der Waals surface area contributed by atoms with E-state index in [0.717, 1.165) is 37.4 Å². The molecular formula is C38H48ClN7O3S. The van der Waals surface area contributed by atoms with E-state index in [2.05, 4.69) is 20.9 Å². The van der Waals surface area contributed by atoms with Crippen LogP contribution < -0.4 is 27.4 Å². The summed E-state index contributed by atoms with van der Waals surface area (Å²) in [5.41, 5.74) is 15.4. The Hall–Kier alpha value is -3.87. The second-order valence-corrected chi connectivity index (χ2v) is 14.4. The molecule has 0 unspecified atom stereocenters. The van der Waals surface area contributed by atoms with Gasteiger partial charge < -0.3 is 37.3 Å². The van der Waals surface area contributed by atoms with Crippen LogP contribution in [-0.4, -0.2) is 65.9 Å². The molecule has 3 aromatic carbocycles. The molecule has 0 bridgehead atoms. The summed E-state index contributed by atoms with van der Waals surface area (Å²) in [6, 6.07) is 18.9. The van der Waals surface area contributed by atoms with Gasteiger partial charge in [0.1, 0.15) is 12.1 Å². The Labute approximate surface area is 303 Å². The van der Waals surface area contributed by atoms with Crippen molar-refractivity contribution in [3.05, 3.63) is 94.6 Å². The minimum atomic E-state index is -0.879. The van der Waals surface area contributed by atoms with Crippen molar-refractivity contribution in [1.82, 2.24) is 25.8 Å². The van der Waals surface area contributed by atoms with E-state index in [9.17, 15) is 14.4 Å². The predicted molar refractivity (Wildman–Crippen MR) is 201 cm³/mol. The molecule has 1 aliphatic heterocycles. The van der Waals surface area contributed by atoms with Crippen LogP contribution in [0.1, 0.15) is 61.8 Å². The molecule has 8 N–H and O–H groups in total. The topological polar surface area (TPSA) is 158 Å². The smallest absolute Gasteiger partial charge is 0.245 e. The molecule has 0 fully saturated rings. The molecule has 5 rings (SSSR count). The number of benzene rings is 3. The monoisotopic (exact) mass is 717 g/mol. The molecule has 12 heteroatoms. The van der Waals surface area contributed by atoms with E-state index in [0.29, 0.717) is 56.8 Å². The zero-order chi connectivity index (χ0) is 35.6. The third-order valence-electron chi connectivity index (χ3n) is 9.31. The van der Waals surface area contributed by atoms with Gasteiger partial charge in [-0.05, 0) is 99.1 Å². The standard InChI is InChI=1S/C38H48ClN7O3S/c1-24-29-21-27(39)16-17-35(29)50-34-15-6-3-10-25(34)22-43-31(14-9-19-41)36(47)45-32(13-7-8-18-40)38(49)46(2)33(37(48)44-24)20-26-23-42-30-12-5-4-11-28(26)30/h3-6,10-12,15-17,21,23-24,31-33,42-43H,7-9,13-14,18-20,22,40-41H2,1-2H3,(H,44,48)(H,45,47)/t24-,31-,32-,33-/m0/s1. The average Bonchev–Trinajstić information content (AvgIpc) is 3.53. The highest BCUT2D eigenvalue weighted by atomic mass is 35.5. The summed E-state index contributed by atoms with van der Waals surface area (Å²) in [5, 5.41) is 11.3. The van der Waals surface area contributed by atoms with Crippen molar-refractivity contribution >= 4 is 52.0 Å². The van der Waals surface area contributed by atoms with Crippen LogP contribution in [0.2, 0.25) is 5.02 Å². The average molecular weight is 718 g/mol. The van der Waals surface area contributed by atoms with Gasteiger partial charge in [-0.1, -0.05) is 59.8 Å². The summed E-state index contributed by atoms with van der Waals surface area (Å²) in [5.74, 6) is -0.929. The number of nitrogens with zero attached hydrogens (tertiary/aromatic N) is 1. The molecule has 0 saturated carbocycles. The van der Waals surface area contributed by atoms with Crippen LogP contribution in [-0.2, 0) is 27.3 Å². The Morgan fingerprint density at radius 2 is 1.60 bits per heavy atom. The lowest BCUT2D eigenvalue weighted by atomic mass is 10.00. The number of hydrogen-bond acceptors (Lipinski definition) is 7. The van der Waals surface area contributed by atoms with E-state index in [4.69, 9.17) is 23.1 Å². The van der Waals surface area contributed by atoms with Gasteiger partial charge in [0.2, 0.25) is 17.7 Å². The molecule has 2 heterocycles. The van der Waals surface area contributed by atoms with Crippen molar-refractivity contribution < 1.29 is 14.4 Å². The van der Waals surface area contributed by atoms with E-state index in [-0.39, 0.29) is 24.1 Å². The van der Waals surface area contributed by atoms with E-state index < -0.39 is 24.2 Å². The molecule has 1 aliphatic rings. The van der Waals surface area contributed by atoms with Crippen molar-refractivity contribution in [3.8, 4) is 0 Å². The molecule has 0 radical (unpaired) electrons. The van der Waals surface area contributed by atoms with Crippen molar-refractivity contribution in [2.75, 3.05) is 20.1 Å². The summed E-state index contributed by atoms with van der Waals surface area (Å²) in [6.45, 7) is 3.26. The second kappa shape index (κ2) is 17.9. The van der Waals surface area contributed by atoms with Gasteiger partial charge in [0.05, 0.1) is 12.1 Å². The molecule has 50 heavy (non-hydrogen) atoms. The summed E-state index contributed by atoms with van der Waals surface area (Å²) in [6.07, 6.45) is 5.01. The second-order valence-electron chi connectivity index (χ2n) is 12.9. The van der Waals surface area contributed by atoms with Gasteiger partial charge in [-0.3, -0.25) is 14.4 Å². The van der Waals surface area contributed by atoms with Gasteiger partial charge in [0.15, 0.2) is 0 Å². The van der Waals surface area contributed by atoms with Gasteiger partial charge in [-0.15, -0.1) is 0 Å². The number of halogens is 1. The fourth-order valence-corrected chi connectivity index (χ4v) is 7.75. The molecule has 266 valence electrons. The number of likely N-dealkylation sites (N-methyl/N-ethyl adjacent to an activating group) is 1. The summed E-state index contributed by atoms with van der Waals surface area (Å²) < 4.78 is 0. The lowest BCUT2D eigenvalue weighted by Gasteiger charge is -2.32. The van der Waals surface area contributed by atoms with Crippen LogP contribution in [0.4, 0.5) is 0 Å². The number of H-pyrrole nitrogens is 1. The number of fused-ring (bicyclic) bond motifs is 3. The first-order chi connectivity index (χ1) is 24.2. The molecule has 0 spiro atoms. The van der Waals surface area contributed by atoms with E-state index in [1.165, 1.54) is 4.90 Å². The lowest BCUT2D eigenvalue weighted by molar-refractivity contribution is -0.142. The first kappa shape index (κ1) is 37.4. The summed E-state index contributed by atoms with van der Waals surface area (Å²) >= 11 is 8.11. The number of hydrogen-bond donors (Lipinski definition) is 6. The number of nitrogens with one attached hydrogen (secondary N) is 4. The SMILES string of the molecule is C[C@@H]1NC(=O)[C@H](Cc2c[nH]c3ccccc23)N(C)C(=O)[C@H](CCCCN)NC(=O)[C@H](CCCN)NCc2ccccc2Sc2ccc(Cl)cc21. The Bertz CT molecular complexity index is 1780. The van der Waals surface area contributed by atoms with Gasteiger partial charge in [-0.25, -0.2) is 0 Å². The molecule has 4 atom stereocenters. The Balaban J connectivity index is 1.58. The molecule has 4 aromatic rings. The Morgan fingerprint density at radius 3 is 2.40 bits per heavy atom. The third-order valence-corrected chi connectivity index (χ3v) is 10.8. The quantitative estimate of drug-likeness (QED) is 0.132. The number of para-hydroxylation sites is 1. The lowest BCUT2D eigenvalue weighted by Crippen LogP contribution is -2.57. The summed E-state index contributed by atoms with van der Waals surface area (Å²) in [7, 11) is 1.64. The van der Waals surface area contributed by atoms with Crippen LogP contribution in [0.25, 0.3) is 10.9 Å². The summed E-state index contributed by atoms with van der Waals surface area (Å²) in [4.78, 5) is 49.5. The normalized spacial score (nSPS) is 20.9. The minimum absolute atomic E-state index is 0.263. The number of nitrogens with two attached hydrogens (primary N) is 2. The number of amides is 3. The van der Waals surface area contributed by atoms with Gasteiger partial charge >= 0.3 is 0 Å². The van der Waals surface area contributed by atoms with E-state index in [1.807, 2.05) is 79.9 Å². The van der Waals surface area contributed by atoms with Crippen molar-refractivity contribution in [1.29, 1.82) is 0 Å². The highest BCUT2D eigenvalue weighted by molar-refractivity contribution is 7.99. The molecular weight excluding hydrogens is 670 g/mol. The van der Waals surface area contributed by atoms with Crippen molar-refractivity contribution in [2.45, 2.75) is 86.0 Å². The highest BCUT2D eigenvalue weighted by Gasteiger charge is 2.34. The van der Waals surface area contributed by atoms with E-state index in [1.54, 1.807) is 18.8 Å². The predicted octanol–water partition coefficient (Wildman–Crippen LogP) is 5.04. The minimum Gasteiger partial charge on any atom is -0.361 e. The van der Waals surface area contributed by atoms with Crippen LogP contribution in [0.3, 0.4) is 0 Å². The number of carbonyl (C=O) groups excluding carboxylic acids is 3. The van der Waals surface area contributed by atoms with Crippen LogP contribution in [0, 0.1) is 0 Å². The first-order valence-corrected chi connectivity index (χ1v) is 18.5. The van der Waals surface area contributed by atoms with Crippen molar-refractivity contribution in [3.63, 3.8) is 0 Å². The first-order valence-electron chi connectivity index (χ1n) is 17.3. The molecule has 0 aliphatic carbocycles. The maximum atomic E-state index is 14.4. The van der Waals surface area contributed by atoms with Crippen molar-refractivity contribution in [2.24, 2.45) is 11.5 Å². The largest absolute Gasteiger partial charge is 0.361 e. The zero-order valence-corrected chi connectivity index (χ0v) is 30.3. The molecule has 10 nitrogen and oxygen atoms in total. The van der Waals surface area contributed by atoms with Crippen LogP contribution in [0.15, 0.2) is 82.7 Å². The number of aromatic amines is 1. The highest BCUT2D eigenvalue weighted by Crippen LogP contribution is 2.37. The molecule has 0 saturated heterocycles. The number of aromatic nitrogens is 1. The van der Waals surface area contributed by atoms with E-state index >= 15 is 0 Å². The number of unbranched alkanes of at least 4 members (excludes halogenated alkanes) is 1. The third kappa shape index (κ3) is 9.26. The zero-order valence-electron chi connectivity index (χ0n) is 28.7. The number of carbonyl (C=O) groups is 3. The molecule has 3 amide bonds. The fraction of sp³-hybridized carbons (Fsp3) is 0.395. The number of rotatable bonds is 9.